The fraction of sp³-hybridized carbons (Fsp3) is 0. The smallest absolute Gasteiger partial charge is 1.00 e. The monoisotopic (exact) mass is 1050 g/mol. The molecule has 2 N–H and O–H groups in total. The van der Waals surface area contributed by atoms with Crippen molar-refractivity contribution in [1.82, 2.24) is 0 Å². The molecule has 0 unspecified atom stereocenters. The summed E-state index contributed by atoms with van der Waals surface area (Å²) in [6.07, 6.45) is 0.250. The molecule has 0 aromatic heterocycles. The molecule has 11 nitrogen and oxygen atoms in total. The van der Waals surface area contributed by atoms with Crippen LogP contribution in [-0.2, 0) is 38.9 Å². The molecule has 0 amide bonds. The molecule has 302 valence electrons. The van der Waals surface area contributed by atoms with E-state index in [4.69, 9.17) is 87.9 Å². The molecular formula is C38H27Cl6K3O11S2. The molecule has 0 radical (unpaired) electrons. The number of hydrogen-bond acceptors (Lipinski definition) is 11. The van der Waals surface area contributed by atoms with Crippen molar-refractivity contribution in [3.63, 3.8) is 0 Å². The largest absolute Gasteiger partial charge is 1.00 e. The SMILES string of the molecule is O=C=O.O=CO[O-].O=S(=O)(c1ccc(Cl)cc1)c1ccc(Cl)cc1.O=S(=O)(c1ccc(Cl)cc1)c1ccc(Cl)cc1Cl.Oc1ccc(-c2ccc(O)cc2)cc1.[Cl-].[H-].[K+].[K+].[K+]. The standard InChI is InChI=1S/C12H7Cl3O2S.C12H8Cl2O2S.C12H10O2.CH2O3.CO2.ClH.3K.H/c13-8-1-4-10(5-2-8)18(16,17)12-6-3-9(14)7-11(12)15;13-9-1-5-11(6-2-9)17(15,16)12-7-3-10(14)4-8-12;13-11-5-1-9(2-6-11)10-3-7-12(14)8-4-10;2-1-4-3;2-1-3;;;;;/h1-7H;1-8H;1-8,13-14H;1,3H;;1H;;;;/q;;;;;;3*+1;-1/p-2. The molecule has 0 heterocycles. The minimum Gasteiger partial charge on any atom is -1.00 e. The van der Waals surface area contributed by atoms with Crippen molar-refractivity contribution in [3.8, 4) is 22.6 Å². The van der Waals surface area contributed by atoms with Crippen molar-refractivity contribution in [3.05, 3.63) is 165 Å². The van der Waals surface area contributed by atoms with E-state index < -0.39 is 19.7 Å². The van der Waals surface area contributed by atoms with E-state index in [9.17, 15) is 16.8 Å². The van der Waals surface area contributed by atoms with E-state index in [1.807, 2.05) is 24.3 Å². The van der Waals surface area contributed by atoms with Crippen molar-refractivity contribution >= 4 is 90.3 Å². The van der Waals surface area contributed by atoms with Gasteiger partial charge in [-0.3, -0.25) is 4.79 Å². The fourth-order valence-corrected chi connectivity index (χ4v) is 7.77. The predicted molar refractivity (Wildman–Crippen MR) is 210 cm³/mol. The second kappa shape index (κ2) is 33.7. The summed E-state index contributed by atoms with van der Waals surface area (Å²) in [7, 11) is -7.14. The first-order valence-electron chi connectivity index (χ1n) is 15.0. The maximum Gasteiger partial charge on any atom is 1.00 e. The van der Waals surface area contributed by atoms with Gasteiger partial charge in [-0.2, -0.15) is 9.59 Å². The van der Waals surface area contributed by atoms with Gasteiger partial charge in [-0.05, 0) is 126 Å². The summed E-state index contributed by atoms with van der Waals surface area (Å²) >= 11 is 28.8. The van der Waals surface area contributed by atoms with Crippen LogP contribution in [0.1, 0.15) is 1.43 Å². The second-order valence-electron chi connectivity index (χ2n) is 10.3. The Labute approximate surface area is 507 Å². The van der Waals surface area contributed by atoms with E-state index in [0.29, 0.717) is 20.1 Å². The summed E-state index contributed by atoms with van der Waals surface area (Å²) < 4.78 is 49.0. The Hall–Kier alpha value is 0.279. The molecule has 0 aliphatic heterocycles. The molecule has 6 aromatic rings. The van der Waals surface area contributed by atoms with Crippen LogP contribution >= 0.6 is 58.0 Å². The fourth-order valence-electron chi connectivity index (χ4n) is 4.11. The van der Waals surface area contributed by atoms with E-state index >= 15 is 0 Å². The zero-order valence-electron chi connectivity index (χ0n) is 32.5. The number of rotatable bonds is 6. The van der Waals surface area contributed by atoms with Crippen molar-refractivity contribution in [2.45, 2.75) is 19.6 Å². The summed E-state index contributed by atoms with van der Waals surface area (Å²) in [5, 5.41) is 28.6. The van der Waals surface area contributed by atoms with Gasteiger partial charge in [-0.1, -0.05) is 82.3 Å². The first-order valence-corrected chi connectivity index (χ1v) is 19.9. The van der Waals surface area contributed by atoms with Gasteiger partial charge < -0.3 is 34.2 Å². The summed E-state index contributed by atoms with van der Waals surface area (Å²) in [6, 6.07) is 36.2. The first-order chi connectivity index (χ1) is 26.5. The van der Waals surface area contributed by atoms with Crippen LogP contribution in [0.3, 0.4) is 0 Å². The Bertz CT molecular complexity index is 2340. The number of carbonyl (C=O) groups excluding carboxylic acids is 3. The van der Waals surface area contributed by atoms with Crippen LogP contribution < -0.4 is 172 Å². The summed E-state index contributed by atoms with van der Waals surface area (Å²) in [5.41, 5.74) is 2.03. The van der Waals surface area contributed by atoms with Gasteiger partial charge in [0.25, 0.3) is 6.47 Å². The molecule has 60 heavy (non-hydrogen) atoms. The van der Waals surface area contributed by atoms with E-state index in [1.165, 1.54) is 66.7 Å². The van der Waals surface area contributed by atoms with Crippen LogP contribution in [0.5, 0.6) is 11.5 Å². The maximum atomic E-state index is 12.3. The number of halogens is 6. The quantitative estimate of drug-likeness (QED) is 0.0751. The average Bonchev–Trinajstić information content (AvgIpc) is 3.17. The number of phenols is 2. The Balaban J connectivity index is -0.000000358. The van der Waals surface area contributed by atoms with Gasteiger partial charge in [0, 0.05) is 20.1 Å². The van der Waals surface area contributed by atoms with Gasteiger partial charge in [0.15, 0.2) is 0 Å². The van der Waals surface area contributed by atoms with Crippen LogP contribution in [0.25, 0.3) is 11.1 Å². The van der Waals surface area contributed by atoms with Crippen molar-refractivity contribution in [1.29, 1.82) is 0 Å². The van der Waals surface area contributed by atoms with Gasteiger partial charge in [-0.15, -0.1) is 0 Å². The molecule has 0 saturated heterocycles. The number of sulfone groups is 2. The minimum atomic E-state index is -3.65. The molecule has 0 aliphatic carbocycles. The third kappa shape index (κ3) is 22.5. The molecule has 22 heteroatoms. The average molecular weight is 1050 g/mol. The molecule has 0 spiro atoms. The molecular weight excluding hydrogens is 1030 g/mol. The van der Waals surface area contributed by atoms with Gasteiger partial charge in [0.2, 0.25) is 19.7 Å². The summed E-state index contributed by atoms with van der Waals surface area (Å²) in [4.78, 5) is 28.1. The van der Waals surface area contributed by atoms with Gasteiger partial charge in [0.05, 0.1) is 24.6 Å². The van der Waals surface area contributed by atoms with Crippen LogP contribution in [-0.4, -0.2) is 39.7 Å². The molecule has 0 atom stereocenters. The molecule has 6 rings (SSSR count). The molecule has 0 saturated carbocycles. The molecule has 0 fully saturated rings. The van der Waals surface area contributed by atoms with E-state index in [2.05, 4.69) is 4.89 Å². The van der Waals surface area contributed by atoms with Gasteiger partial charge >= 0.3 is 160 Å². The van der Waals surface area contributed by atoms with Crippen molar-refractivity contribution in [2.24, 2.45) is 0 Å². The van der Waals surface area contributed by atoms with Crippen LogP contribution in [0.4, 0.5) is 0 Å². The normalized spacial score (nSPS) is 9.50. The molecule has 0 bridgehead atoms. The second-order valence-corrected chi connectivity index (χ2v) is 16.3. The van der Waals surface area contributed by atoms with Gasteiger partial charge in [-0.25, -0.2) is 16.8 Å². The predicted octanol–water partition coefficient (Wildman–Crippen LogP) is -2.95. The number of aromatic hydroxyl groups is 2. The van der Waals surface area contributed by atoms with Crippen LogP contribution in [0.15, 0.2) is 159 Å². The number of benzene rings is 6. The summed E-state index contributed by atoms with van der Waals surface area (Å²) in [5.74, 6) is 0.514. The maximum absolute atomic E-state index is 12.3. The number of phenolic OH excluding ortho intramolecular Hbond substituents is 2. The third-order valence-electron chi connectivity index (χ3n) is 6.66. The number of hydrogen-bond donors (Lipinski definition) is 2. The Morgan fingerprint density at radius 2 is 0.783 bits per heavy atom. The molecule has 6 aromatic carbocycles. The third-order valence-corrected chi connectivity index (χ3v) is 11.7. The zero-order valence-corrected chi connectivity index (χ0v) is 47.0. The van der Waals surface area contributed by atoms with E-state index in [-0.39, 0.29) is 217 Å². The van der Waals surface area contributed by atoms with Crippen molar-refractivity contribution in [2.75, 3.05) is 0 Å². The van der Waals surface area contributed by atoms with Crippen LogP contribution in [0.2, 0.25) is 25.1 Å². The van der Waals surface area contributed by atoms with Crippen molar-refractivity contribution < 1.29 is 220 Å². The Kier molecular flexibility index (Phi) is 36.3. The van der Waals surface area contributed by atoms with Gasteiger partial charge in [0.1, 0.15) is 11.5 Å². The topological polar surface area (TPSA) is 192 Å². The summed E-state index contributed by atoms with van der Waals surface area (Å²) in [6.45, 7) is -0.181. The zero-order chi connectivity index (χ0) is 41.9. The Morgan fingerprint density at radius 1 is 0.517 bits per heavy atom. The number of carbonyl (C=O) groups is 1. The Morgan fingerprint density at radius 3 is 1.05 bits per heavy atom. The minimum absolute atomic E-state index is 0. The first kappa shape index (κ1) is 64.6. The van der Waals surface area contributed by atoms with E-state index in [0.717, 1.165) is 11.1 Å². The van der Waals surface area contributed by atoms with E-state index in [1.54, 1.807) is 48.5 Å². The molecule has 0 aliphatic rings. The van der Waals surface area contributed by atoms with Crippen LogP contribution in [0, 0.1) is 0 Å².